The highest BCUT2D eigenvalue weighted by Crippen LogP contribution is 2.19. The van der Waals surface area contributed by atoms with Gasteiger partial charge in [-0.25, -0.2) is 0 Å². The molecule has 0 aliphatic heterocycles. The van der Waals surface area contributed by atoms with Crippen LogP contribution in [0.1, 0.15) is 46.3 Å². The van der Waals surface area contributed by atoms with Gasteiger partial charge in [-0.2, -0.15) is 0 Å². The van der Waals surface area contributed by atoms with Gasteiger partial charge in [-0.3, -0.25) is 4.79 Å². The predicted molar refractivity (Wildman–Crippen MR) is 77.5 cm³/mol. The number of carbonyl (C=O) groups excluding carboxylic acids is 1. The number of benzene rings is 1. The SMILES string of the molecule is CC(C)c1nnsc1C(=O)NCc1cccc(CO)c1. The minimum atomic E-state index is -0.155. The molecule has 0 spiro atoms. The number of hydrogen-bond acceptors (Lipinski definition) is 5. The number of aliphatic hydroxyl groups is 1. The second-order valence-electron chi connectivity index (χ2n) is 4.80. The molecule has 6 heteroatoms. The fraction of sp³-hybridized carbons (Fsp3) is 0.357. The summed E-state index contributed by atoms with van der Waals surface area (Å²) in [6.45, 7) is 4.39. The number of nitrogens with one attached hydrogen (secondary N) is 1. The lowest BCUT2D eigenvalue weighted by Crippen LogP contribution is -2.23. The fourth-order valence-electron chi connectivity index (χ4n) is 1.83. The van der Waals surface area contributed by atoms with Gasteiger partial charge in [-0.1, -0.05) is 42.6 Å². The number of aromatic nitrogens is 2. The van der Waals surface area contributed by atoms with Crippen molar-refractivity contribution in [2.24, 2.45) is 0 Å². The Hall–Kier alpha value is -1.79. The maximum atomic E-state index is 12.1. The van der Waals surface area contributed by atoms with Crippen LogP contribution < -0.4 is 5.32 Å². The van der Waals surface area contributed by atoms with E-state index in [1.807, 2.05) is 38.1 Å². The number of hydrogen-bond donors (Lipinski definition) is 2. The highest BCUT2D eigenvalue weighted by molar-refractivity contribution is 7.08. The molecule has 0 unspecified atom stereocenters. The monoisotopic (exact) mass is 291 g/mol. The first kappa shape index (κ1) is 14.6. The third-order valence-corrected chi connectivity index (χ3v) is 3.63. The summed E-state index contributed by atoms with van der Waals surface area (Å²) in [7, 11) is 0. The van der Waals surface area contributed by atoms with Crippen LogP contribution in [0.3, 0.4) is 0 Å². The number of nitrogens with zero attached hydrogens (tertiary/aromatic N) is 2. The highest BCUT2D eigenvalue weighted by atomic mass is 32.1. The van der Waals surface area contributed by atoms with Crippen LogP contribution in [-0.4, -0.2) is 20.6 Å². The van der Waals surface area contributed by atoms with Crippen molar-refractivity contribution in [1.29, 1.82) is 0 Å². The Morgan fingerprint density at radius 3 is 2.85 bits per heavy atom. The summed E-state index contributed by atoms with van der Waals surface area (Å²) in [5.41, 5.74) is 2.52. The quantitative estimate of drug-likeness (QED) is 0.884. The summed E-state index contributed by atoms with van der Waals surface area (Å²) in [6, 6.07) is 7.48. The van der Waals surface area contributed by atoms with Crippen LogP contribution in [0, 0.1) is 0 Å². The van der Waals surface area contributed by atoms with Crippen LogP contribution in [0.5, 0.6) is 0 Å². The van der Waals surface area contributed by atoms with E-state index >= 15 is 0 Å². The van der Waals surface area contributed by atoms with Crippen LogP contribution in [0.25, 0.3) is 0 Å². The average molecular weight is 291 g/mol. The van der Waals surface area contributed by atoms with Crippen molar-refractivity contribution < 1.29 is 9.90 Å². The van der Waals surface area contributed by atoms with E-state index in [-0.39, 0.29) is 18.4 Å². The smallest absolute Gasteiger partial charge is 0.265 e. The first-order chi connectivity index (χ1) is 9.61. The molecule has 5 nitrogen and oxygen atoms in total. The van der Waals surface area contributed by atoms with Gasteiger partial charge in [0.05, 0.1) is 12.3 Å². The zero-order valence-corrected chi connectivity index (χ0v) is 12.3. The molecule has 0 bridgehead atoms. The molecule has 0 fully saturated rings. The molecule has 0 saturated heterocycles. The highest BCUT2D eigenvalue weighted by Gasteiger charge is 2.18. The maximum absolute atomic E-state index is 12.1. The summed E-state index contributed by atoms with van der Waals surface area (Å²) in [5.74, 6) is 0.0188. The Labute approximate surface area is 121 Å². The van der Waals surface area contributed by atoms with Gasteiger partial charge < -0.3 is 10.4 Å². The molecule has 106 valence electrons. The Morgan fingerprint density at radius 1 is 1.40 bits per heavy atom. The first-order valence-corrected chi connectivity index (χ1v) is 7.18. The van der Waals surface area contributed by atoms with E-state index in [2.05, 4.69) is 14.9 Å². The van der Waals surface area contributed by atoms with Crippen LogP contribution in [0.2, 0.25) is 0 Å². The molecule has 0 radical (unpaired) electrons. The first-order valence-electron chi connectivity index (χ1n) is 6.41. The molecular formula is C14H17N3O2S. The van der Waals surface area contributed by atoms with Gasteiger partial charge in [0.2, 0.25) is 0 Å². The van der Waals surface area contributed by atoms with Crippen molar-refractivity contribution in [2.75, 3.05) is 0 Å². The molecule has 1 aromatic heterocycles. The molecule has 0 aliphatic rings. The molecule has 0 aliphatic carbocycles. The average Bonchev–Trinajstić information content (AvgIpc) is 2.94. The zero-order valence-electron chi connectivity index (χ0n) is 11.5. The van der Waals surface area contributed by atoms with Crippen molar-refractivity contribution in [3.05, 3.63) is 46.0 Å². The van der Waals surface area contributed by atoms with Gasteiger partial charge in [0.1, 0.15) is 4.88 Å². The Bertz CT molecular complexity index is 596. The molecule has 2 rings (SSSR count). The molecular weight excluding hydrogens is 274 g/mol. The van der Waals surface area contributed by atoms with Gasteiger partial charge in [0, 0.05) is 6.54 Å². The summed E-state index contributed by atoms with van der Waals surface area (Å²) in [6.07, 6.45) is 0. The normalized spacial score (nSPS) is 10.8. The molecule has 0 saturated carbocycles. The summed E-state index contributed by atoms with van der Waals surface area (Å²) in [4.78, 5) is 12.7. The van der Waals surface area contributed by atoms with E-state index < -0.39 is 0 Å². The van der Waals surface area contributed by atoms with Crippen LogP contribution >= 0.6 is 11.5 Å². The van der Waals surface area contributed by atoms with Crippen LogP contribution in [0.15, 0.2) is 24.3 Å². The number of rotatable bonds is 5. The zero-order chi connectivity index (χ0) is 14.5. The third kappa shape index (κ3) is 3.40. The molecule has 1 aromatic carbocycles. The predicted octanol–water partition coefficient (Wildman–Crippen LogP) is 2.08. The number of carbonyl (C=O) groups is 1. The third-order valence-electron chi connectivity index (χ3n) is 2.89. The number of amides is 1. The minimum Gasteiger partial charge on any atom is -0.392 e. The van der Waals surface area contributed by atoms with Crippen molar-refractivity contribution in [2.45, 2.75) is 32.9 Å². The molecule has 20 heavy (non-hydrogen) atoms. The largest absolute Gasteiger partial charge is 0.392 e. The molecule has 1 amide bonds. The van der Waals surface area contributed by atoms with Crippen LogP contribution in [-0.2, 0) is 13.2 Å². The minimum absolute atomic E-state index is 0.00194. The van der Waals surface area contributed by atoms with E-state index in [1.165, 1.54) is 0 Å². The van der Waals surface area contributed by atoms with Gasteiger partial charge in [0.25, 0.3) is 5.91 Å². The van der Waals surface area contributed by atoms with E-state index in [4.69, 9.17) is 5.11 Å². The van der Waals surface area contributed by atoms with Crippen molar-refractivity contribution in [3.8, 4) is 0 Å². The van der Waals surface area contributed by atoms with Gasteiger partial charge in [-0.05, 0) is 28.6 Å². The Kier molecular flexibility index (Phi) is 4.81. The van der Waals surface area contributed by atoms with Gasteiger partial charge >= 0.3 is 0 Å². The summed E-state index contributed by atoms with van der Waals surface area (Å²) in [5, 5.41) is 15.9. The molecule has 2 N–H and O–H groups in total. The van der Waals surface area contributed by atoms with Crippen molar-refractivity contribution in [1.82, 2.24) is 14.9 Å². The second-order valence-corrected chi connectivity index (χ2v) is 5.56. The maximum Gasteiger partial charge on any atom is 0.265 e. The molecule has 2 aromatic rings. The van der Waals surface area contributed by atoms with E-state index in [0.717, 1.165) is 28.4 Å². The summed E-state index contributed by atoms with van der Waals surface area (Å²) >= 11 is 1.12. The van der Waals surface area contributed by atoms with Crippen molar-refractivity contribution in [3.63, 3.8) is 0 Å². The second kappa shape index (κ2) is 6.58. The number of aliphatic hydroxyl groups excluding tert-OH is 1. The Balaban J connectivity index is 2.03. The van der Waals surface area contributed by atoms with E-state index in [1.54, 1.807) is 0 Å². The summed E-state index contributed by atoms with van der Waals surface area (Å²) < 4.78 is 3.84. The Morgan fingerprint density at radius 2 is 2.15 bits per heavy atom. The molecule has 0 atom stereocenters. The lowest BCUT2D eigenvalue weighted by Gasteiger charge is -2.07. The van der Waals surface area contributed by atoms with Gasteiger partial charge in [0.15, 0.2) is 0 Å². The lowest BCUT2D eigenvalue weighted by molar-refractivity contribution is 0.0953. The van der Waals surface area contributed by atoms with Gasteiger partial charge in [-0.15, -0.1) is 5.10 Å². The van der Waals surface area contributed by atoms with E-state index in [9.17, 15) is 4.79 Å². The fourth-order valence-corrected chi connectivity index (χ4v) is 2.57. The molecule has 1 heterocycles. The van der Waals surface area contributed by atoms with Crippen LogP contribution in [0.4, 0.5) is 0 Å². The topological polar surface area (TPSA) is 75.1 Å². The lowest BCUT2D eigenvalue weighted by atomic mass is 10.1. The standard InChI is InChI=1S/C14H17N3O2S/c1-9(2)12-13(20-17-16-12)14(19)15-7-10-4-3-5-11(6-10)8-18/h3-6,9,18H,7-8H2,1-2H3,(H,15,19). The van der Waals surface area contributed by atoms with E-state index in [0.29, 0.717) is 11.4 Å². The van der Waals surface area contributed by atoms with Crippen molar-refractivity contribution >= 4 is 17.4 Å².